The first kappa shape index (κ1) is 19.7. The molecule has 2 aromatic carbocycles. The number of halogens is 4. The van der Waals surface area contributed by atoms with Gasteiger partial charge in [-0.25, -0.2) is 4.98 Å². The molecule has 1 heterocycles. The zero-order valence-corrected chi connectivity index (χ0v) is 15.8. The second-order valence-electron chi connectivity index (χ2n) is 6.14. The fraction of sp³-hybridized carbons (Fsp3) is 0.278. The zero-order chi connectivity index (χ0) is 19.8. The summed E-state index contributed by atoms with van der Waals surface area (Å²) in [5.74, 6) is 0. The Kier molecular flexibility index (Phi) is 5.45. The van der Waals surface area contributed by atoms with Crippen molar-refractivity contribution in [2.24, 2.45) is 0 Å². The first-order valence-electron chi connectivity index (χ1n) is 8.10. The number of fused-ring (bicyclic) bond motifs is 1. The van der Waals surface area contributed by atoms with E-state index in [4.69, 9.17) is 0 Å². The summed E-state index contributed by atoms with van der Waals surface area (Å²) in [6.07, 6.45) is -5.15. The van der Waals surface area contributed by atoms with Crippen molar-refractivity contribution < 1.29 is 23.4 Å². The van der Waals surface area contributed by atoms with Crippen molar-refractivity contribution in [2.75, 3.05) is 11.9 Å². The number of nitrogens with zero attached hydrogens (tertiary/aromatic N) is 2. The maximum absolute atomic E-state index is 12.4. The molecule has 0 amide bonds. The van der Waals surface area contributed by atoms with E-state index in [-0.39, 0.29) is 6.54 Å². The molecule has 0 aliphatic heterocycles. The Morgan fingerprint density at radius 1 is 1.22 bits per heavy atom. The van der Waals surface area contributed by atoms with Crippen LogP contribution in [0.5, 0.6) is 0 Å². The number of aryl methyl sites for hydroxylation is 1. The molecule has 27 heavy (non-hydrogen) atoms. The summed E-state index contributed by atoms with van der Waals surface area (Å²) >= 11 is 3.38. The molecule has 3 rings (SSSR count). The fourth-order valence-electron chi connectivity index (χ4n) is 2.86. The molecule has 144 valence electrons. The monoisotopic (exact) mass is 443 g/mol. The van der Waals surface area contributed by atoms with Crippen molar-refractivity contribution in [3.05, 3.63) is 52.3 Å². The molecule has 0 spiro atoms. The minimum absolute atomic E-state index is 0.246. The number of aromatic nitrogens is 2. The number of imidazole rings is 1. The number of anilines is 1. The number of aliphatic hydroxyl groups is 2. The second kappa shape index (κ2) is 7.49. The molecule has 0 atom stereocenters. The molecule has 0 bridgehead atoms. The number of nitrogens with one attached hydrogen (secondary N) is 1. The summed E-state index contributed by atoms with van der Waals surface area (Å²) in [5, 5.41) is 21.5. The van der Waals surface area contributed by atoms with Crippen LogP contribution in [0.2, 0.25) is 0 Å². The van der Waals surface area contributed by atoms with Crippen molar-refractivity contribution in [2.45, 2.75) is 25.8 Å². The number of hydrogen-bond acceptors (Lipinski definition) is 4. The van der Waals surface area contributed by atoms with Gasteiger partial charge in [-0.1, -0.05) is 22.0 Å². The topological polar surface area (TPSA) is 70.3 Å². The maximum Gasteiger partial charge on any atom is 0.390 e. The Labute approximate surface area is 161 Å². The summed E-state index contributed by atoms with van der Waals surface area (Å²) in [6, 6.07) is 8.63. The van der Waals surface area contributed by atoms with Crippen LogP contribution >= 0.6 is 15.9 Å². The van der Waals surface area contributed by atoms with Crippen LogP contribution in [-0.2, 0) is 0 Å². The van der Waals surface area contributed by atoms with E-state index in [1.54, 1.807) is 42.1 Å². The Morgan fingerprint density at radius 3 is 2.59 bits per heavy atom. The smallest absolute Gasteiger partial charge is 0.383 e. The molecular formula is C18H17BrF3N3O2. The number of benzene rings is 2. The molecule has 3 N–H and O–H groups in total. The Morgan fingerprint density at radius 2 is 1.96 bits per heavy atom. The van der Waals surface area contributed by atoms with Gasteiger partial charge in [0.2, 0.25) is 0 Å². The summed E-state index contributed by atoms with van der Waals surface area (Å²) in [4.78, 5) is 4.34. The normalized spacial score (nSPS) is 12.1. The molecule has 0 saturated carbocycles. The lowest BCUT2D eigenvalue weighted by atomic mass is 10.1. The quantitative estimate of drug-likeness (QED) is 0.509. The average Bonchev–Trinajstić information content (AvgIpc) is 2.96. The van der Waals surface area contributed by atoms with Gasteiger partial charge in [0.05, 0.1) is 17.6 Å². The molecule has 9 heteroatoms. The van der Waals surface area contributed by atoms with E-state index in [0.29, 0.717) is 32.3 Å². The predicted octanol–water partition coefficient (Wildman–Crippen LogP) is 4.44. The van der Waals surface area contributed by atoms with Gasteiger partial charge in [-0.2, -0.15) is 13.2 Å². The third-order valence-electron chi connectivity index (χ3n) is 4.15. The van der Waals surface area contributed by atoms with E-state index in [1.807, 2.05) is 6.07 Å². The molecule has 0 radical (unpaired) electrons. The third-order valence-corrected chi connectivity index (χ3v) is 4.61. The molecule has 1 aromatic heterocycles. The van der Waals surface area contributed by atoms with Crippen molar-refractivity contribution in [3.8, 4) is 5.69 Å². The molecule has 3 aromatic rings. The van der Waals surface area contributed by atoms with Gasteiger partial charge in [0.25, 0.3) is 0 Å². The largest absolute Gasteiger partial charge is 0.390 e. The summed E-state index contributed by atoms with van der Waals surface area (Å²) in [7, 11) is 0. The van der Waals surface area contributed by atoms with Crippen LogP contribution in [-0.4, -0.2) is 32.5 Å². The van der Waals surface area contributed by atoms with Crippen molar-refractivity contribution >= 4 is 32.7 Å². The predicted molar refractivity (Wildman–Crippen MR) is 99.8 cm³/mol. The van der Waals surface area contributed by atoms with Crippen LogP contribution in [0.4, 0.5) is 18.9 Å². The van der Waals surface area contributed by atoms with Gasteiger partial charge in [-0.15, -0.1) is 0 Å². The lowest BCUT2D eigenvalue weighted by molar-refractivity contribution is -0.131. The van der Waals surface area contributed by atoms with Gasteiger partial charge in [0.1, 0.15) is 11.8 Å². The fourth-order valence-corrected chi connectivity index (χ4v) is 3.31. The first-order chi connectivity index (χ1) is 12.7. The lowest BCUT2D eigenvalue weighted by Gasteiger charge is -2.12. The molecular weight excluding hydrogens is 427 g/mol. The van der Waals surface area contributed by atoms with E-state index in [1.165, 1.54) is 0 Å². The van der Waals surface area contributed by atoms with Gasteiger partial charge >= 0.3 is 6.18 Å². The highest BCUT2D eigenvalue weighted by Gasteiger charge is 2.26. The van der Waals surface area contributed by atoms with Crippen LogP contribution in [0.25, 0.3) is 16.7 Å². The van der Waals surface area contributed by atoms with Gasteiger partial charge in [-0.05, 0) is 36.8 Å². The third kappa shape index (κ3) is 4.42. The van der Waals surface area contributed by atoms with Crippen LogP contribution in [0.15, 0.2) is 41.1 Å². The number of aliphatic hydroxyl groups excluding tert-OH is 1. The van der Waals surface area contributed by atoms with Gasteiger partial charge in [-0.3, -0.25) is 4.57 Å². The van der Waals surface area contributed by atoms with E-state index in [9.17, 15) is 23.4 Å². The highest BCUT2D eigenvalue weighted by molar-refractivity contribution is 9.10. The second-order valence-corrected chi connectivity index (χ2v) is 7.06. The minimum Gasteiger partial charge on any atom is -0.383 e. The van der Waals surface area contributed by atoms with E-state index in [2.05, 4.69) is 26.2 Å². The average molecular weight is 444 g/mol. The first-order valence-corrected chi connectivity index (χ1v) is 8.89. The van der Waals surface area contributed by atoms with Gasteiger partial charge in [0.15, 0.2) is 6.29 Å². The van der Waals surface area contributed by atoms with Crippen molar-refractivity contribution in [1.29, 1.82) is 0 Å². The summed E-state index contributed by atoms with van der Waals surface area (Å²) in [5.41, 5.74) is 3.60. The summed E-state index contributed by atoms with van der Waals surface area (Å²) < 4.78 is 39.7. The van der Waals surface area contributed by atoms with E-state index >= 15 is 0 Å². The standard InChI is InChI=1S/C18H17BrF3N3O2/c1-10-6-12(2-3-13(10)17(26)27)25-9-24-16-14(7-11(19)8-15(16)25)23-5-4-18(20,21)22/h2-3,6-9,17,23,26-27H,4-5H2,1H3. The van der Waals surface area contributed by atoms with Crippen molar-refractivity contribution in [3.63, 3.8) is 0 Å². The van der Waals surface area contributed by atoms with Gasteiger partial charge < -0.3 is 15.5 Å². The zero-order valence-electron chi connectivity index (χ0n) is 14.3. The van der Waals surface area contributed by atoms with Crippen LogP contribution in [0.3, 0.4) is 0 Å². The van der Waals surface area contributed by atoms with E-state index < -0.39 is 18.9 Å². The van der Waals surface area contributed by atoms with Crippen LogP contribution in [0, 0.1) is 6.92 Å². The molecule has 0 aliphatic rings. The van der Waals surface area contributed by atoms with Crippen molar-refractivity contribution in [1.82, 2.24) is 9.55 Å². The van der Waals surface area contributed by atoms with Gasteiger partial charge in [0, 0.05) is 22.3 Å². The Hall–Kier alpha value is -2.10. The van der Waals surface area contributed by atoms with Crippen LogP contribution < -0.4 is 5.32 Å². The summed E-state index contributed by atoms with van der Waals surface area (Å²) in [6.45, 7) is 1.52. The number of rotatable bonds is 5. The Balaban J connectivity index is 1.98. The lowest BCUT2D eigenvalue weighted by Crippen LogP contribution is -2.14. The molecule has 0 unspecified atom stereocenters. The highest BCUT2D eigenvalue weighted by Crippen LogP contribution is 2.30. The SMILES string of the molecule is Cc1cc(-n2cnc3c(NCCC(F)(F)F)cc(Br)cc32)ccc1C(O)O. The number of hydrogen-bond donors (Lipinski definition) is 3. The van der Waals surface area contributed by atoms with Crippen LogP contribution in [0.1, 0.15) is 23.8 Å². The maximum atomic E-state index is 12.4. The molecule has 5 nitrogen and oxygen atoms in total. The molecule has 0 saturated heterocycles. The molecule has 0 aliphatic carbocycles. The highest BCUT2D eigenvalue weighted by atomic mass is 79.9. The molecule has 0 fully saturated rings. The Bertz CT molecular complexity index is 970. The number of alkyl halides is 3. The minimum atomic E-state index is -4.23. The van der Waals surface area contributed by atoms with E-state index in [0.717, 1.165) is 5.69 Å².